The van der Waals surface area contributed by atoms with E-state index >= 15 is 0 Å². The van der Waals surface area contributed by atoms with Crippen LogP contribution in [0.4, 0.5) is 5.95 Å². The van der Waals surface area contributed by atoms with Crippen LogP contribution in [0.2, 0.25) is 0 Å². The summed E-state index contributed by atoms with van der Waals surface area (Å²) in [6.45, 7) is 2.12. The Morgan fingerprint density at radius 2 is 2.58 bits per heavy atom. The van der Waals surface area contributed by atoms with Gasteiger partial charge in [-0.3, -0.25) is 4.79 Å². The Labute approximate surface area is 69.3 Å². The van der Waals surface area contributed by atoms with Crippen LogP contribution in [0.5, 0.6) is 0 Å². The number of hydrogen-bond donors (Lipinski definition) is 1. The van der Waals surface area contributed by atoms with E-state index < -0.39 is 0 Å². The molecule has 0 saturated heterocycles. The van der Waals surface area contributed by atoms with Gasteiger partial charge in [0.1, 0.15) is 12.9 Å². The summed E-state index contributed by atoms with van der Waals surface area (Å²) in [5.41, 5.74) is 5.26. The van der Waals surface area contributed by atoms with E-state index in [1.807, 2.05) is 0 Å². The van der Waals surface area contributed by atoms with Crippen molar-refractivity contribution < 1.29 is 9.53 Å². The lowest BCUT2D eigenvalue weighted by Gasteiger charge is -2.00. The summed E-state index contributed by atoms with van der Waals surface area (Å²) in [6.07, 6.45) is 1.48. The molecule has 0 aliphatic rings. The van der Waals surface area contributed by atoms with Crippen LogP contribution in [-0.2, 0) is 16.1 Å². The van der Waals surface area contributed by atoms with E-state index in [0.717, 1.165) is 0 Å². The lowest BCUT2D eigenvalue weighted by atomic mass is 10.7. The van der Waals surface area contributed by atoms with Gasteiger partial charge in [0.2, 0.25) is 5.95 Å². The largest absolute Gasteiger partial charge is 0.464 e. The highest BCUT2D eigenvalue weighted by Crippen LogP contribution is 1.89. The molecule has 6 nitrogen and oxygen atoms in total. The molecule has 1 rings (SSSR count). The minimum atomic E-state index is -0.303. The normalized spacial score (nSPS) is 9.75. The SMILES string of the molecule is CC(=O)OCCn1cnc(N)n1. The van der Waals surface area contributed by atoms with Gasteiger partial charge in [-0.1, -0.05) is 0 Å². The highest BCUT2D eigenvalue weighted by atomic mass is 16.5. The van der Waals surface area contributed by atoms with Crippen LogP contribution in [0.15, 0.2) is 6.33 Å². The molecular formula is C6H10N4O2. The molecule has 12 heavy (non-hydrogen) atoms. The van der Waals surface area contributed by atoms with E-state index in [2.05, 4.69) is 14.8 Å². The van der Waals surface area contributed by atoms with E-state index in [0.29, 0.717) is 6.54 Å². The number of nitrogens with two attached hydrogens (primary N) is 1. The van der Waals surface area contributed by atoms with Crippen LogP contribution in [0, 0.1) is 0 Å². The molecular weight excluding hydrogens is 160 g/mol. The van der Waals surface area contributed by atoms with Gasteiger partial charge in [-0.05, 0) is 0 Å². The number of nitrogen functional groups attached to an aromatic ring is 1. The van der Waals surface area contributed by atoms with Crippen molar-refractivity contribution >= 4 is 11.9 Å². The fourth-order valence-corrected chi connectivity index (χ4v) is 0.700. The third kappa shape index (κ3) is 2.57. The molecule has 0 saturated carbocycles. The third-order valence-electron chi connectivity index (χ3n) is 1.18. The van der Waals surface area contributed by atoms with E-state index in [-0.39, 0.29) is 18.5 Å². The second kappa shape index (κ2) is 3.70. The van der Waals surface area contributed by atoms with Crippen molar-refractivity contribution in [1.82, 2.24) is 14.8 Å². The molecule has 66 valence electrons. The average Bonchev–Trinajstić information content (AvgIpc) is 2.35. The molecule has 0 bridgehead atoms. The quantitative estimate of drug-likeness (QED) is 0.614. The molecule has 2 N–H and O–H groups in total. The van der Waals surface area contributed by atoms with Crippen molar-refractivity contribution in [2.45, 2.75) is 13.5 Å². The number of anilines is 1. The number of carbonyl (C=O) groups excluding carboxylic acids is 1. The minimum absolute atomic E-state index is 0.220. The van der Waals surface area contributed by atoms with Crippen molar-refractivity contribution in [2.24, 2.45) is 0 Å². The first-order valence-electron chi connectivity index (χ1n) is 3.47. The lowest BCUT2D eigenvalue weighted by Crippen LogP contribution is -2.09. The maximum atomic E-state index is 10.3. The van der Waals surface area contributed by atoms with Crippen molar-refractivity contribution in [2.75, 3.05) is 12.3 Å². The maximum absolute atomic E-state index is 10.3. The summed E-state index contributed by atoms with van der Waals surface area (Å²) in [7, 11) is 0. The molecule has 0 unspecified atom stereocenters. The number of ether oxygens (including phenoxy) is 1. The predicted octanol–water partition coefficient (Wildman–Crippen LogP) is -0.577. The van der Waals surface area contributed by atoms with Gasteiger partial charge >= 0.3 is 5.97 Å². The van der Waals surface area contributed by atoms with Gasteiger partial charge in [0.05, 0.1) is 6.54 Å². The molecule has 1 aromatic rings. The molecule has 0 spiro atoms. The average molecular weight is 170 g/mol. The number of hydrogen-bond acceptors (Lipinski definition) is 5. The van der Waals surface area contributed by atoms with Crippen LogP contribution >= 0.6 is 0 Å². The number of rotatable bonds is 3. The zero-order valence-corrected chi connectivity index (χ0v) is 6.73. The first-order valence-corrected chi connectivity index (χ1v) is 3.47. The Balaban J connectivity index is 2.29. The van der Waals surface area contributed by atoms with Crippen molar-refractivity contribution in [3.05, 3.63) is 6.33 Å². The maximum Gasteiger partial charge on any atom is 0.302 e. The van der Waals surface area contributed by atoms with Gasteiger partial charge in [0.25, 0.3) is 0 Å². The van der Waals surface area contributed by atoms with E-state index in [1.54, 1.807) is 0 Å². The highest BCUT2D eigenvalue weighted by molar-refractivity contribution is 5.65. The van der Waals surface area contributed by atoms with Crippen LogP contribution in [0.25, 0.3) is 0 Å². The first kappa shape index (κ1) is 8.51. The highest BCUT2D eigenvalue weighted by Gasteiger charge is 1.96. The first-order chi connectivity index (χ1) is 5.68. The van der Waals surface area contributed by atoms with Crippen molar-refractivity contribution in [3.8, 4) is 0 Å². The molecule has 0 fully saturated rings. The zero-order valence-electron chi connectivity index (χ0n) is 6.73. The predicted molar refractivity (Wildman–Crippen MR) is 41.1 cm³/mol. The van der Waals surface area contributed by atoms with E-state index in [9.17, 15) is 4.79 Å². The minimum Gasteiger partial charge on any atom is -0.464 e. The van der Waals surface area contributed by atoms with Crippen LogP contribution < -0.4 is 5.73 Å². The Bertz CT molecular complexity index is 270. The van der Waals surface area contributed by atoms with Crippen LogP contribution in [0.3, 0.4) is 0 Å². The number of carbonyl (C=O) groups is 1. The Morgan fingerprint density at radius 1 is 1.83 bits per heavy atom. The lowest BCUT2D eigenvalue weighted by molar-refractivity contribution is -0.141. The molecule has 1 heterocycles. The van der Waals surface area contributed by atoms with Gasteiger partial charge in [-0.25, -0.2) is 9.67 Å². The summed E-state index contributed by atoms with van der Waals surface area (Å²) >= 11 is 0. The standard InChI is InChI=1S/C6H10N4O2/c1-5(11)12-3-2-10-4-8-6(7)9-10/h4H,2-3H2,1H3,(H2,7,9). The fourth-order valence-electron chi connectivity index (χ4n) is 0.700. The third-order valence-corrected chi connectivity index (χ3v) is 1.18. The molecule has 0 radical (unpaired) electrons. The van der Waals surface area contributed by atoms with E-state index in [4.69, 9.17) is 5.73 Å². The Morgan fingerprint density at radius 3 is 3.08 bits per heavy atom. The molecule has 6 heteroatoms. The molecule has 0 aliphatic carbocycles. The van der Waals surface area contributed by atoms with Gasteiger partial charge in [-0.2, -0.15) is 0 Å². The summed E-state index contributed by atoms with van der Waals surface area (Å²) in [5, 5.41) is 3.80. The Hall–Kier alpha value is -1.59. The fraction of sp³-hybridized carbons (Fsp3) is 0.500. The molecule has 1 aromatic heterocycles. The topological polar surface area (TPSA) is 83.0 Å². The summed E-state index contributed by atoms with van der Waals surface area (Å²) in [4.78, 5) is 14.1. The number of esters is 1. The molecule has 0 aliphatic heterocycles. The van der Waals surface area contributed by atoms with Crippen molar-refractivity contribution in [1.29, 1.82) is 0 Å². The smallest absolute Gasteiger partial charge is 0.302 e. The number of aromatic nitrogens is 3. The second-order valence-corrected chi connectivity index (χ2v) is 2.21. The van der Waals surface area contributed by atoms with Gasteiger partial charge < -0.3 is 10.5 Å². The van der Waals surface area contributed by atoms with Gasteiger partial charge in [-0.15, -0.1) is 5.10 Å². The number of nitrogens with zero attached hydrogens (tertiary/aromatic N) is 3. The molecule has 0 aromatic carbocycles. The van der Waals surface area contributed by atoms with Crippen LogP contribution in [-0.4, -0.2) is 27.3 Å². The molecule has 0 atom stereocenters. The van der Waals surface area contributed by atoms with E-state index in [1.165, 1.54) is 17.9 Å². The summed E-state index contributed by atoms with van der Waals surface area (Å²) < 4.78 is 6.20. The second-order valence-electron chi connectivity index (χ2n) is 2.21. The molecule has 0 amide bonds. The monoisotopic (exact) mass is 170 g/mol. The summed E-state index contributed by atoms with van der Waals surface area (Å²) in [5.74, 6) is -0.0825. The van der Waals surface area contributed by atoms with Crippen molar-refractivity contribution in [3.63, 3.8) is 0 Å². The summed E-state index contributed by atoms with van der Waals surface area (Å²) in [6, 6.07) is 0. The van der Waals surface area contributed by atoms with Gasteiger partial charge in [0.15, 0.2) is 0 Å². The van der Waals surface area contributed by atoms with Gasteiger partial charge in [0, 0.05) is 6.92 Å². The zero-order chi connectivity index (χ0) is 8.97. The Kier molecular flexibility index (Phi) is 2.62. The van der Waals surface area contributed by atoms with Crippen LogP contribution in [0.1, 0.15) is 6.92 Å².